The van der Waals surface area contributed by atoms with Crippen molar-refractivity contribution >= 4 is 57.8 Å². The normalized spacial score (nSPS) is 21.5. The number of likely N-dealkylation sites (tertiary alicyclic amines) is 1. The highest BCUT2D eigenvalue weighted by molar-refractivity contribution is 8.00. The fraction of sp³-hybridized carbons (Fsp3) is 0.467. The van der Waals surface area contributed by atoms with Crippen molar-refractivity contribution in [3.63, 3.8) is 0 Å². The number of hydrogen-bond donors (Lipinski definition) is 3. The van der Waals surface area contributed by atoms with E-state index in [9.17, 15) is 19.2 Å². The average Bonchev–Trinajstić information content (AvgIpc) is 4.10. The van der Waals surface area contributed by atoms with Crippen LogP contribution in [0.3, 0.4) is 0 Å². The highest BCUT2D eigenvalue weighted by Gasteiger charge is 2.43. The summed E-state index contributed by atoms with van der Waals surface area (Å²) in [4.78, 5) is 67.3. The van der Waals surface area contributed by atoms with Gasteiger partial charge < -0.3 is 34.7 Å². The van der Waals surface area contributed by atoms with E-state index in [0.29, 0.717) is 39.0 Å². The van der Waals surface area contributed by atoms with E-state index in [1.165, 1.54) is 19.8 Å². The fourth-order valence-corrected chi connectivity index (χ4v) is 10.7. The minimum Gasteiger partial charge on any atom is -0.453 e. The van der Waals surface area contributed by atoms with Gasteiger partial charge in [-0.05, 0) is 94.9 Å². The molecule has 0 aliphatic carbocycles. The van der Waals surface area contributed by atoms with Crippen molar-refractivity contribution in [1.29, 1.82) is 0 Å². The number of fused-ring (bicyclic) bond motifs is 3. The van der Waals surface area contributed by atoms with Crippen LogP contribution in [-0.4, -0.2) is 102 Å². The minimum atomic E-state index is -0.682. The van der Waals surface area contributed by atoms with Crippen LogP contribution in [0.1, 0.15) is 63.4 Å². The first-order valence-electron chi connectivity index (χ1n) is 20.6. The van der Waals surface area contributed by atoms with Crippen molar-refractivity contribution in [3.05, 3.63) is 72.2 Å². The number of carbonyl (C=O) groups excluding carboxylic acids is 4. The van der Waals surface area contributed by atoms with Gasteiger partial charge in [0.2, 0.25) is 5.91 Å². The number of amides is 3. The number of rotatable bonds is 11. The SMILES string of the molecule is COC(=O)N[C@H](C(=O)C1CCS[C@@H]1C1=Nc2ccc3cc(-c4ccc(-c5cnc([C@@H]6CCCN6C(=O)[C@@H](NC(=O)OC)C6CCOCC6)[nH]5)cc4)ccc3c2C1)C(C)C. The van der Waals surface area contributed by atoms with Crippen LogP contribution in [-0.2, 0) is 30.2 Å². The molecule has 1 unspecified atom stereocenters. The van der Waals surface area contributed by atoms with Gasteiger partial charge in [-0.15, -0.1) is 0 Å². The van der Waals surface area contributed by atoms with Gasteiger partial charge in [-0.25, -0.2) is 14.6 Å². The first-order chi connectivity index (χ1) is 28.6. The van der Waals surface area contributed by atoms with E-state index in [2.05, 4.69) is 70.2 Å². The maximum absolute atomic E-state index is 14.0. The van der Waals surface area contributed by atoms with Crippen molar-refractivity contribution in [2.24, 2.45) is 22.7 Å². The molecule has 14 heteroatoms. The number of aliphatic imine (C=N–C) groups is 1. The fourth-order valence-electron chi connectivity index (χ4n) is 9.19. The maximum atomic E-state index is 14.0. The van der Waals surface area contributed by atoms with E-state index in [1.54, 1.807) is 11.8 Å². The lowest BCUT2D eigenvalue weighted by Gasteiger charge is -2.34. The highest BCUT2D eigenvalue weighted by atomic mass is 32.2. The van der Waals surface area contributed by atoms with E-state index in [-0.39, 0.29) is 40.7 Å². The third kappa shape index (κ3) is 8.34. The van der Waals surface area contributed by atoms with Crippen LogP contribution >= 0.6 is 11.8 Å². The molecule has 1 aromatic heterocycles. The Hall–Kier alpha value is -5.21. The summed E-state index contributed by atoms with van der Waals surface area (Å²) in [6.45, 7) is 5.60. The van der Waals surface area contributed by atoms with Crippen molar-refractivity contribution in [2.45, 2.75) is 75.7 Å². The van der Waals surface area contributed by atoms with Gasteiger partial charge in [0.15, 0.2) is 5.78 Å². The molecule has 0 bridgehead atoms. The van der Waals surface area contributed by atoms with Gasteiger partial charge in [0.25, 0.3) is 0 Å². The summed E-state index contributed by atoms with van der Waals surface area (Å²) in [6, 6.07) is 17.6. The number of nitrogens with zero attached hydrogens (tertiary/aromatic N) is 3. The van der Waals surface area contributed by atoms with Crippen LogP contribution in [0.4, 0.5) is 15.3 Å². The zero-order valence-electron chi connectivity index (χ0n) is 34.0. The van der Waals surface area contributed by atoms with Gasteiger partial charge in [0.1, 0.15) is 11.9 Å². The van der Waals surface area contributed by atoms with Gasteiger partial charge in [-0.1, -0.05) is 56.3 Å². The van der Waals surface area contributed by atoms with Crippen LogP contribution in [0.25, 0.3) is 33.2 Å². The monoisotopic (exact) mass is 820 g/mol. The molecule has 310 valence electrons. The third-order valence-corrected chi connectivity index (χ3v) is 13.8. The van der Waals surface area contributed by atoms with E-state index < -0.39 is 24.3 Å². The molecule has 0 saturated carbocycles. The van der Waals surface area contributed by atoms with Crippen molar-refractivity contribution in [3.8, 4) is 22.4 Å². The molecule has 3 amide bonds. The number of Topliss-reactive ketones (excluding diaryl/α,β-unsaturated/α-hetero) is 1. The molecule has 4 aliphatic rings. The summed E-state index contributed by atoms with van der Waals surface area (Å²) in [5, 5.41) is 7.84. The number of hydrogen-bond acceptors (Lipinski definition) is 10. The number of methoxy groups -OCH3 is 2. The molecule has 0 spiro atoms. The quantitative estimate of drug-likeness (QED) is 0.140. The molecule has 3 fully saturated rings. The summed E-state index contributed by atoms with van der Waals surface area (Å²) in [6.07, 6.45) is 5.10. The average molecular weight is 821 g/mol. The molecule has 5 heterocycles. The Morgan fingerprint density at radius 1 is 0.898 bits per heavy atom. The highest BCUT2D eigenvalue weighted by Crippen LogP contribution is 2.42. The van der Waals surface area contributed by atoms with E-state index in [0.717, 1.165) is 75.4 Å². The first kappa shape index (κ1) is 40.6. The predicted octanol–water partition coefficient (Wildman–Crippen LogP) is 7.41. The molecule has 13 nitrogen and oxygen atoms in total. The van der Waals surface area contributed by atoms with Crippen LogP contribution in [0.5, 0.6) is 0 Å². The Bertz CT molecular complexity index is 2250. The molecule has 3 N–H and O–H groups in total. The number of aromatic nitrogens is 2. The zero-order valence-corrected chi connectivity index (χ0v) is 34.8. The van der Waals surface area contributed by atoms with Gasteiger partial charge >= 0.3 is 12.2 Å². The second-order valence-corrected chi connectivity index (χ2v) is 17.5. The summed E-state index contributed by atoms with van der Waals surface area (Å²) in [7, 11) is 2.62. The number of nitrogens with one attached hydrogen (secondary N) is 3. The topological polar surface area (TPSA) is 164 Å². The van der Waals surface area contributed by atoms with E-state index >= 15 is 0 Å². The summed E-state index contributed by atoms with van der Waals surface area (Å²) >= 11 is 1.78. The van der Waals surface area contributed by atoms with Crippen molar-refractivity contribution < 1.29 is 33.4 Å². The molecular formula is C45H52N6O7S. The summed E-state index contributed by atoms with van der Waals surface area (Å²) in [5.74, 6) is 1.24. The van der Waals surface area contributed by atoms with Crippen LogP contribution in [0.2, 0.25) is 0 Å². The maximum Gasteiger partial charge on any atom is 0.407 e. The molecule has 0 radical (unpaired) electrons. The Morgan fingerprint density at radius 2 is 1.63 bits per heavy atom. The largest absolute Gasteiger partial charge is 0.453 e. The number of alkyl carbamates (subject to hydrolysis) is 2. The van der Waals surface area contributed by atoms with Gasteiger partial charge in [0, 0.05) is 37.8 Å². The summed E-state index contributed by atoms with van der Waals surface area (Å²) < 4.78 is 15.2. The number of benzene rings is 3. The van der Waals surface area contributed by atoms with E-state index in [4.69, 9.17) is 24.2 Å². The van der Waals surface area contributed by atoms with Gasteiger partial charge in [-0.3, -0.25) is 14.6 Å². The lowest BCUT2D eigenvalue weighted by Crippen LogP contribution is -2.53. The second kappa shape index (κ2) is 17.6. The van der Waals surface area contributed by atoms with Crippen molar-refractivity contribution in [2.75, 3.05) is 39.7 Å². The number of ether oxygens (including phenoxy) is 3. The first-order valence-corrected chi connectivity index (χ1v) is 21.7. The molecule has 3 aromatic carbocycles. The predicted molar refractivity (Wildman–Crippen MR) is 228 cm³/mol. The lowest BCUT2D eigenvalue weighted by molar-refractivity contribution is -0.136. The molecule has 8 rings (SSSR count). The molecule has 59 heavy (non-hydrogen) atoms. The zero-order chi connectivity index (χ0) is 41.2. The standard InChI is InChI=1S/C45H52N6O7S/c1-25(2)38(49-44(54)56-3)40(52)32-17-21-59-41(32)35-23-33-31-13-11-29(22-30(31)12-14-34(33)47-35)26-7-9-27(10-8-26)36-24-46-42(48-36)37-6-5-18-51(37)43(53)39(50-45(55)57-4)28-15-19-58-20-16-28/h7-14,22,24-25,28,32,37-39,41H,5-6,15-21,23H2,1-4H3,(H,46,48)(H,49,54)(H,50,55)/t32?,37-,38-,39-,41-/m0/s1. The van der Waals surface area contributed by atoms with E-state index in [1.807, 2.05) is 24.9 Å². The van der Waals surface area contributed by atoms with Gasteiger partial charge in [-0.2, -0.15) is 11.8 Å². The minimum absolute atomic E-state index is 0.0251. The number of H-pyrrole nitrogens is 1. The third-order valence-electron chi connectivity index (χ3n) is 12.4. The van der Waals surface area contributed by atoms with Crippen LogP contribution < -0.4 is 10.6 Å². The Balaban J connectivity index is 0.946. The number of imidazole rings is 1. The number of aromatic amines is 1. The smallest absolute Gasteiger partial charge is 0.407 e. The Kier molecular flexibility index (Phi) is 12.1. The Labute approximate surface area is 348 Å². The molecule has 3 saturated heterocycles. The lowest BCUT2D eigenvalue weighted by atomic mass is 9.85. The van der Waals surface area contributed by atoms with Crippen molar-refractivity contribution in [1.82, 2.24) is 25.5 Å². The number of carbonyl (C=O) groups is 4. The van der Waals surface area contributed by atoms with Crippen LogP contribution in [0, 0.1) is 17.8 Å². The van der Waals surface area contributed by atoms with Crippen LogP contribution in [0.15, 0.2) is 65.8 Å². The Morgan fingerprint density at radius 3 is 2.37 bits per heavy atom. The summed E-state index contributed by atoms with van der Waals surface area (Å²) in [5.41, 5.74) is 7.21. The second-order valence-electron chi connectivity index (χ2n) is 16.2. The molecule has 5 atom stereocenters. The number of ketones is 1. The molecule has 4 aromatic rings. The molecule has 4 aliphatic heterocycles. The van der Waals surface area contributed by atoms with Gasteiger partial charge in [0.05, 0.1) is 49.1 Å². The number of thioether (sulfide) groups is 1. The molecular weight excluding hydrogens is 769 g/mol.